The van der Waals surface area contributed by atoms with Crippen molar-refractivity contribution in [2.75, 3.05) is 23.9 Å². The Balaban J connectivity index is 1.75. The zero-order chi connectivity index (χ0) is 22.5. The Morgan fingerprint density at radius 1 is 1.13 bits per heavy atom. The highest BCUT2D eigenvalue weighted by Crippen LogP contribution is 2.50. The van der Waals surface area contributed by atoms with Crippen molar-refractivity contribution in [3.8, 4) is 0 Å². The average molecular weight is 453 g/mol. The zero-order valence-electron chi connectivity index (χ0n) is 17.0. The molecule has 164 valence electrons. The Labute approximate surface area is 176 Å². The molecule has 2 aromatic rings. The van der Waals surface area contributed by atoms with Crippen LogP contribution in [-0.4, -0.2) is 58.8 Å². The topological polar surface area (TPSA) is 86.9 Å². The first-order valence-electron chi connectivity index (χ1n) is 9.31. The number of anilines is 2. The summed E-state index contributed by atoms with van der Waals surface area (Å²) in [6.07, 6.45) is -1.82. The van der Waals surface area contributed by atoms with Gasteiger partial charge in [-0.05, 0) is 19.1 Å². The Kier molecular flexibility index (Phi) is 3.84. The van der Waals surface area contributed by atoms with E-state index in [4.69, 9.17) is 0 Å². The largest absolute Gasteiger partial charge is 0.433 e. The van der Waals surface area contributed by atoms with Crippen LogP contribution in [0.1, 0.15) is 18.3 Å². The van der Waals surface area contributed by atoms with E-state index >= 15 is 0 Å². The maximum absolute atomic E-state index is 13.5. The van der Waals surface area contributed by atoms with Crippen LogP contribution >= 0.6 is 0 Å². The summed E-state index contributed by atoms with van der Waals surface area (Å²) in [5, 5.41) is 2.14. The standard InChI is InChI=1S/C18H18F3N7O2S/c1-9-28-11-7-13(18(19,20)21)22-8-12(11)26(3)16(28)14-17(31(9,29)30)27(4)15(23-14)10-5-6-25(2)24-10/h5-9,17H,1-4H3. The number of halogens is 3. The van der Waals surface area contributed by atoms with Crippen LogP contribution in [0.4, 0.5) is 24.5 Å². The Hall–Kier alpha value is -3.09. The maximum atomic E-state index is 13.5. The van der Waals surface area contributed by atoms with Crippen LogP contribution in [0, 0.1) is 0 Å². The first-order chi connectivity index (χ1) is 14.4. The second kappa shape index (κ2) is 5.99. The number of hydrogen-bond donors (Lipinski definition) is 0. The van der Waals surface area contributed by atoms with Crippen molar-refractivity contribution in [1.82, 2.24) is 19.7 Å². The minimum Gasteiger partial charge on any atom is -0.336 e. The molecule has 2 atom stereocenters. The lowest BCUT2D eigenvalue weighted by Crippen LogP contribution is -2.53. The van der Waals surface area contributed by atoms with Crippen LogP contribution in [0.25, 0.3) is 0 Å². The molecule has 9 nitrogen and oxygen atoms in total. The van der Waals surface area contributed by atoms with Crippen molar-refractivity contribution in [2.45, 2.75) is 23.8 Å². The molecule has 0 saturated carbocycles. The lowest BCUT2D eigenvalue weighted by atomic mass is 10.2. The molecule has 3 aliphatic heterocycles. The molecule has 0 bridgehead atoms. The summed E-state index contributed by atoms with van der Waals surface area (Å²) in [7, 11) is 1.14. The van der Waals surface area contributed by atoms with Crippen LogP contribution < -0.4 is 9.80 Å². The molecular formula is C18H18F3N7O2S. The van der Waals surface area contributed by atoms with E-state index in [0.29, 0.717) is 23.0 Å². The van der Waals surface area contributed by atoms with Gasteiger partial charge < -0.3 is 14.7 Å². The molecule has 3 aliphatic rings. The summed E-state index contributed by atoms with van der Waals surface area (Å²) in [4.78, 5) is 12.7. The number of hydrogen-bond acceptors (Lipinski definition) is 8. The van der Waals surface area contributed by atoms with Crippen molar-refractivity contribution in [2.24, 2.45) is 12.0 Å². The number of fused-ring (bicyclic) bond motifs is 4. The van der Waals surface area contributed by atoms with Gasteiger partial charge in [0.1, 0.15) is 28.3 Å². The van der Waals surface area contributed by atoms with Gasteiger partial charge in [-0.25, -0.2) is 18.4 Å². The second-order valence-electron chi connectivity index (χ2n) is 7.66. The van der Waals surface area contributed by atoms with E-state index in [1.54, 1.807) is 47.9 Å². The van der Waals surface area contributed by atoms with Crippen LogP contribution in [-0.2, 0) is 23.1 Å². The molecule has 5 rings (SSSR count). The van der Waals surface area contributed by atoms with E-state index in [1.807, 2.05) is 0 Å². The first-order valence-corrected chi connectivity index (χ1v) is 10.9. The molecular weight excluding hydrogens is 435 g/mol. The molecule has 5 heterocycles. The third-order valence-corrected chi connectivity index (χ3v) is 8.11. The third-order valence-electron chi connectivity index (χ3n) is 5.79. The van der Waals surface area contributed by atoms with Gasteiger partial charge in [0.25, 0.3) is 0 Å². The molecule has 0 fully saturated rings. The molecule has 0 aromatic carbocycles. The summed E-state index contributed by atoms with van der Waals surface area (Å²) >= 11 is 0. The molecule has 0 spiro atoms. The number of aromatic nitrogens is 3. The van der Waals surface area contributed by atoms with Gasteiger partial charge in [-0.2, -0.15) is 18.3 Å². The number of likely N-dealkylation sites (N-methyl/N-ethyl adjacent to an activating group) is 1. The van der Waals surface area contributed by atoms with E-state index in [0.717, 1.165) is 12.3 Å². The monoisotopic (exact) mass is 453 g/mol. The molecule has 0 amide bonds. The SMILES string of the molecule is CC1N2C(=C3N=C(c4ccn(C)n4)N(C)C3S1(=O)=O)N(C)c1cnc(C(F)(F)F)cc12. The number of amidine groups is 1. The number of sulfone groups is 1. The van der Waals surface area contributed by atoms with Gasteiger partial charge in [-0.3, -0.25) is 4.68 Å². The van der Waals surface area contributed by atoms with Gasteiger partial charge in [-0.1, -0.05) is 0 Å². The van der Waals surface area contributed by atoms with Gasteiger partial charge in [0.2, 0.25) is 0 Å². The van der Waals surface area contributed by atoms with Gasteiger partial charge in [-0.15, -0.1) is 0 Å². The van der Waals surface area contributed by atoms with Crippen molar-refractivity contribution in [1.29, 1.82) is 0 Å². The van der Waals surface area contributed by atoms with Gasteiger partial charge in [0.15, 0.2) is 21.0 Å². The number of alkyl halides is 3. The van der Waals surface area contributed by atoms with E-state index in [-0.39, 0.29) is 11.4 Å². The molecule has 13 heteroatoms. The summed E-state index contributed by atoms with van der Waals surface area (Å²) in [5.41, 5.74) is 0.168. The minimum atomic E-state index is -4.65. The fraction of sp³-hybridized carbons (Fsp3) is 0.389. The van der Waals surface area contributed by atoms with Gasteiger partial charge in [0.05, 0.1) is 17.6 Å². The maximum Gasteiger partial charge on any atom is 0.433 e. The minimum absolute atomic E-state index is 0.131. The fourth-order valence-corrected chi connectivity index (χ4v) is 6.17. The Bertz CT molecular complexity index is 1280. The van der Waals surface area contributed by atoms with Gasteiger partial charge in [0, 0.05) is 27.3 Å². The molecule has 0 radical (unpaired) electrons. The zero-order valence-corrected chi connectivity index (χ0v) is 17.8. The predicted octanol–water partition coefficient (Wildman–Crippen LogP) is 1.75. The molecule has 0 N–H and O–H groups in total. The second-order valence-corrected chi connectivity index (χ2v) is 9.96. The summed E-state index contributed by atoms with van der Waals surface area (Å²) < 4.78 is 68.3. The third kappa shape index (κ3) is 2.55. The quantitative estimate of drug-likeness (QED) is 0.650. The molecule has 0 saturated heterocycles. The fourth-order valence-electron chi connectivity index (χ4n) is 4.28. The van der Waals surface area contributed by atoms with Crippen LogP contribution in [0.3, 0.4) is 0 Å². The number of aliphatic imine (C=N–C) groups is 1. The van der Waals surface area contributed by atoms with Crippen LogP contribution in [0.5, 0.6) is 0 Å². The highest BCUT2D eigenvalue weighted by atomic mass is 32.2. The highest BCUT2D eigenvalue weighted by molar-refractivity contribution is 7.93. The highest BCUT2D eigenvalue weighted by Gasteiger charge is 2.55. The smallest absolute Gasteiger partial charge is 0.336 e. The first kappa shape index (κ1) is 19.8. The average Bonchev–Trinajstić information content (AvgIpc) is 3.34. The van der Waals surface area contributed by atoms with E-state index < -0.39 is 32.5 Å². The Morgan fingerprint density at radius 2 is 1.84 bits per heavy atom. The van der Waals surface area contributed by atoms with E-state index in [1.165, 1.54) is 11.8 Å². The van der Waals surface area contributed by atoms with Crippen molar-refractivity contribution in [3.63, 3.8) is 0 Å². The predicted molar refractivity (Wildman–Crippen MR) is 107 cm³/mol. The van der Waals surface area contributed by atoms with Crippen LogP contribution in [0.2, 0.25) is 0 Å². The molecule has 2 aromatic heterocycles. The van der Waals surface area contributed by atoms with Crippen molar-refractivity contribution < 1.29 is 21.6 Å². The number of rotatable bonds is 1. The molecule has 31 heavy (non-hydrogen) atoms. The lowest BCUT2D eigenvalue weighted by Gasteiger charge is -2.38. The van der Waals surface area contributed by atoms with Gasteiger partial charge >= 0.3 is 6.18 Å². The summed E-state index contributed by atoms with van der Waals surface area (Å²) in [6, 6.07) is 2.60. The normalized spacial score (nSPS) is 24.4. The Morgan fingerprint density at radius 3 is 2.45 bits per heavy atom. The number of aryl methyl sites for hydroxylation is 1. The molecule has 2 unspecified atom stereocenters. The number of nitrogens with zero attached hydrogens (tertiary/aromatic N) is 7. The summed E-state index contributed by atoms with van der Waals surface area (Å²) in [6.45, 7) is 1.47. The van der Waals surface area contributed by atoms with E-state index in [2.05, 4.69) is 15.1 Å². The van der Waals surface area contributed by atoms with Crippen molar-refractivity contribution >= 4 is 27.0 Å². The number of pyridine rings is 1. The summed E-state index contributed by atoms with van der Waals surface area (Å²) in [5.74, 6) is 0.797. The van der Waals surface area contributed by atoms with E-state index in [9.17, 15) is 21.6 Å². The molecule has 0 aliphatic carbocycles. The van der Waals surface area contributed by atoms with Crippen molar-refractivity contribution in [3.05, 3.63) is 47.4 Å². The lowest BCUT2D eigenvalue weighted by molar-refractivity contribution is -0.141. The van der Waals surface area contributed by atoms with Crippen LogP contribution in [0.15, 0.2) is 41.0 Å².